The van der Waals surface area contributed by atoms with Gasteiger partial charge < -0.3 is 0 Å². The molecule has 0 spiro atoms. The summed E-state index contributed by atoms with van der Waals surface area (Å²) in [5.74, 6) is 0.282. The lowest BCUT2D eigenvalue weighted by atomic mass is 10.1. The molecule has 6 heteroatoms. The van der Waals surface area contributed by atoms with Gasteiger partial charge in [0.15, 0.2) is 0 Å². The minimum atomic E-state index is -0.0855. The largest absolute Gasteiger partial charge is 0.295 e. The SMILES string of the molecule is Cc1cc(C)nc(NC(=O)CCc2ccc(-n3nc(C)cc3C)cc2)n1. The lowest BCUT2D eigenvalue weighted by molar-refractivity contribution is -0.116. The van der Waals surface area contributed by atoms with E-state index in [1.165, 1.54) is 0 Å². The van der Waals surface area contributed by atoms with Crippen LogP contribution in [-0.2, 0) is 11.2 Å². The first-order valence-electron chi connectivity index (χ1n) is 8.65. The highest BCUT2D eigenvalue weighted by Gasteiger charge is 2.07. The van der Waals surface area contributed by atoms with Crippen molar-refractivity contribution < 1.29 is 4.79 Å². The Labute approximate surface area is 153 Å². The molecule has 0 fully saturated rings. The molecule has 134 valence electrons. The van der Waals surface area contributed by atoms with Crippen LogP contribution in [0.25, 0.3) is 5.69 Å². The fourth-order valence-corrected chi connectivity index (χ4v) is 2.92. The summed E-state index contributed by atoms with van der Waals surface area (Å²) in [5.41, 5.74) is 5.90. The van der Waals surface area contributed by atoms with E-state index in [2.05, 4.69) is 20.4 Å². The van der Waals surface area contributed by atoms with Crippen LogP contribution in [0.1, 0.15) is 34.8 Å². The van der Waals surface area contributed by atoms with Crippen molar-refractivity contribution in [3.05, 3.63) is 64.7 Å². The first-order chi connectivity index (χ1) is 12.4. The van der Waals surface area contributed by atoms with Gasteiger partial charge in [-0.25, -0.2) is 14.6 Å². The Hall–Kier alpha value is -3.02. The van der Waals surface area contributed by atoms with Crippen molar-refractivity contribution in [3.63, 3.8) is 0 Å². The Morgan fingerprint density at radius 3 is 2.19 bits per heavy atom. The normalized spacial score (nSPS) is 10.8. The van der Waals surface area contributed by atoms with Gasteiger partial charge in [0.2, 0.25) is 11.9 Å². The zero-order valence-electron chi connectivity index (χ0n) is 15.6. The van der Waals surface area contributed by atoms with E-state index in [4.69, 9.17) is 0 Å². The number of benzene rings is 1. The molecular formula is C20H23N5O. The third-order valence-electron chi connectivity index (χ3n) is 4.06. The third-order valence-corrected chi connectivity index (χ3v) is 4.06. The molecule has 6 nitrogen and oxygen atoms in total. The van der Waals surface area contributed by atoms with Crippen LogP contribution >= 0.6 is 0 Å². The summed E-state index contributed by atoms with van der Waals surface area (Å²) in [6.07, 6.45) is 1.05. The van der Waals surface area contributed by atoms with Crippen molar-refractivity contribution in [3.8, 4) is 5.69 Å². The van der Waals surface area contributed by atoms with Crippen LogP contribution in [0.3, 0.4) is 0 Å². The summed E-state index contributed by atoms with van der Waals surface area (Å²) in [7, 11) is 0. The van der Waals surface area contributed by atoms with Crippen LogP contribution < -0.4 is 5.32 Å². The van der Waals surface area contributed by atoms with E-state index in [-0.39, 0.29) is 5.91 Å². The first-order valence-corrected chi connectivity index (χ1v) is 8.65. The summed E-state index contributed by atoms with van der Waals surface area (Å²) in [4.78, 5) is 20.6. The average Bonchev–Trinajstić information content (AvgIpc) is 2.91. The van der Waals surface area contributed by atoms with Crippen molar-refractivity contribution in [2.24, 2.45) is 0 Å². The van der Waals surface area contributed by atoms with Crippen molar-refractivity contribution in [2.75, 3.05) is 5.32 Å². The maximum atomic E-state index is 12.1. The molecule has 0 aliphatic rings. The van der Waals surface area contributed by atoms with Gasteiger partial charge in [-0.3, -0.25) is 10.1 Å². The van der Waals surface area contributed by atoms with Crippen LogP contribution in [0.4, 0.5) is 5.95 Å². The quantitative estimate of drug-likeness (QED) is 0.765. The number of aromatic nitrogens is 4. The number of nitrogens with zero attached hydrogens (tertiary/aromatic N) is 4. The number of hydrogen-bond donors (Lipinski definition) is 1. The second-order valence-corrected chi connectivity index (χ2v) is 6.53. The van der Waals surface area contributed by atoms with Crippen molar-refractivity contribution >= 4 is 11.9 Å². The zero-order valence-corrected chi connectivity index (χ0v) is 15.6. The fraction of sp³-hybridized carbons (Fsp3) is 0.300. The molecule has 0 atom stereocenters. The van der Waals surface area contributed by atoms with Gasteiger partial charge in [-0.1, -0.05) is 12.1 Å². The molecule has 3 aromatic rings. The van der Waals surface area contributed by atoms with Gasteiger partial charge in [-0.15, -0.1) is 0 Å². The van der Waals surface area contributed by atoms with Crippen LogP contribution in [0, 0.1) is 27.7 Å². The van der Waals surface area contributed by atoms with Gasteiger partial charge in [0.25, 0.3) is 0 Å². The van der Waals surface area contributed by atoms with Crippen LogP contribution in [-0.4, -0.2) is 25.7 Å². The first kappa shape index (κ1) is 17.8. The highest BCUT2D eigenvalue weighted by atomic mass is 16.1. The predicted molar refractivity (Wildman–Crippen MR) is 101 cm³/mol. The molecule has 1 N–H and O–H groups in total. The van der Waals surface area contributed by atoms with E-state index in [1.54, 1.807) is 0 Å². The number of amides is 1. The lowest BCUT2D eigenvalue weighted by Gasteiger charge is -2.07. The van der Waals surface area contributed by atoms with Crippen molar-refractivity contribution in [1.29, 1.82) is 0 Å². The molecule has 1 aromatic carbocycles. The summed E-state index contributed by atoms with van der Waals surface area (Å²) >= 11 is 0. The number of carbonyl (C=O) groups is 1. The number of hydrogen-bond acceptors (Lipinski definition) is 4. The molecule has 0 aliphatic heterocycles. The van der Waals surface area contributed by atoms with Gasteiger partial charge in [0.1, 0.15) is 0 Å². The highest BCUT2D eigenvalue weighted by molar-refractivity contribution is 5.89. The van der Waals surface area contributed by atoms with E-state index in [1.807, 2.05) is 68.8 Å². The molecule has 0 radical (unpaired) electrons. The summed E-state index contributed by atoms with van der Waals surface area (Å²) in [6, 6.07) is 12.0. The number of rotatable bonds is 5. The molecule has 0 unspecified atom stereocenters. The van der Waals surface area contributed by atoms with E-state index < -0.39 is 0 Å². The topological polar surface area (TPSA) is 72.7 Å². The maximum Gasteiger partial charge on any atom is 0.229 e. The Balaban J connectivity index is 1.59. The minimum Gasteiger partial charge on any atom is -0.295 e. The van der Waals surface area contributed by atoms with Crippen LogP contribution in [0.15, 0.2) is 36.4 Å². The smallest absolute Gasteiger partial charge is 0.229 e. The lowest BCUT2D eigenvalue weighted by Crippen LogP contribution is -2.15. The molecule has 3 rings (SSSR count). The van der Waals surface area contributed by atoms with Gasteiger partial charge >= 0.3 is 0 Å². The minimum absolute atomic E-state index is 0.0855. The highest BCUT2D eigenvalue weighted by Crippen LogP contribution is 2.14. The van der Waals surface area contributed by atoms with E-state index in [9.17, 15) is 4.79 Å². The zero-order chi connectivity index (χ0) is 18.7. The monoisotopic (exact) mass is 349 g/mol. The van der Waals surface area contributed by atoms with E-state index in [0.29, 0.717) is 18.8 Å². The average molecular weight is 349 g/mol. The third kappa shape index (κ3) is 4.33. The number of aryl methyl sites for hydroxylation is 5. The second kappa shape index (κ2) is 7.47. The Kier molecular flexibility index (Phi) is 5.11. The molecule has 0 saturated carbocycles. The summed E-state index contributed by atoms with van der Waals surface area (Å²) < 4.78 is 1.92. The molecular weight excluding hydrogens is 326 g/mol. The van der Waals surface area contributed by atoms with Gasteiger partial charge in [0, 0.05) is 23.5 Å². The van der Waals surface area contributed by atoms with Gasteiger partial charge in [0.05, 0.1) is 11.4 Å². The van der Waals surface area contributed by atoms with E-state index >= 15 is 0 Å². The summed E-state index contributed by atoms with van der Waals surface area (Å²) in [5, 5.41) is 7.25. The maximum absolute atomic E-state index is 12.1. The predicted octanol–water partition coefficient (Wildman–Crippen LogP) is 3.47. The number of anilines is 1. The standard InChI is InChI=1S/C20H23N5O/c1-13-11-14(2)22-20(21-13)23-19(26)10-7-17-5-8-18(9-6-17)25-16(4)12-15(3)24-25/h5-6,8-9,11-12H,7,10H2,1-4H3,(H,21,22,23,26). The molecule has 0 aliphatic carbocycles. The Morgan fingerprint density at radius 2 is 1.62 bits per heavy atom. The Morgan fingerprint density at radius 1 is 0.962 bits per heavy atom. The van der Waals surface area contributed by atoms with Gasteiger partial charge in [-0.2, -0.15) is 5.10 Å². The van der Waals surface area contributed by atoms with Crippen molar-refractivity contribution in [1.82, 2.24) is 19.7 Å². The van der Waals surface area contributed by atoms with Crippen LogP contribution in [0.2, 0.25) is 0 Å². The van der Waals surface area contributed by atoms with Gasteiger partial charge in [-0.05, 0) is 63.9 Å². The molecule has 0 saturated heterocycles. The molecule has 1 amide bonds. The number of carbonyl (C=O) groups excluding carboxylic acids is 1. The molecule has 2 heterocycles. The van der Waals surface area contributed by atoms with E-state index in [0.717, 1.165) is 34.0 Å². The molecule has 26 heavy (non-hydrogen) atoms. The second-order valence-electron chi connectivity index (χ2n) is 6.53. The number of nitrogens with one attached hydrogen (secondary N) is 1. The summed E-state index contributed by atoms with van der Waals surface area (Å²) in [6.45, 7) is 7.78. The molecule has 0 bridgehead atoms. The van der Waals surface area contributed by atoms with Crippen LogP contribution in [0.5, 0.6) is 0 Å². The van der Waals surface area contributed by atoms with Crippen molar-refractivity contribution in [2.45, 2.75) is 40.5 Å². The molecule has 2 aromatic heterocycles. The Bertz CT molecular complexity index is 908. The fourth-order valence-electron chi connectivity index (χ4n) is 2.92.